The Labute approximate surface area is 143 Å². The van der Waals surface area contributed by atoms with Crippen LogP contribution >= 0.6 is 0 Å². The molecule has 3 rings (SSSR count). The molecule has 0 radical (unpaired) electrons. The van der Waals surface area contributed by atoms with Crippen LogP contribution in [0.4, 0.5) is 0 Å². The number of ether oxygens (including phenoxy) is 1. The highest BCUT2D eigenvalue weighted by Crippen LogP contribution is 2.33. The van der Waals surface area contributed by atoms with Gasteiger partial charge in [0.15, 0.2) is 0 Å². The van der Waals surface area contributed by atoms with Gasteiger partial charge in [0.25, 0.3) is 0 Å². The number of fused-ring (bicyclic) bond motifs is 1. The van der Waals surface area contributed by atoms with Crippen LogP contribution in [0.5, 0.6) is 0 Å². The molecule has 1 heterocycles. The van der Waals surface area contributed by atoms with Crippen LogP contribution in [0.25, 0.3) is 0 Å². The van der Waals surface area contributed by atoms with Gasteiger partial charge < -0.3 is 20.9 Å². The molecule has 0 spiro atoms. The molecule has 1 amide bonds. The highest BCUT2D eigenvalue weighted by Gasteiger charge is 2.35. The molecular formula is C18H27N3O3. The lowest BCUT2D eigenvalue weighted by Gasteiger charge is -2.26. The number of aliphatic hydroxyl groups is 1. The Balaban J connectivity index is 1.45. The van der Waals surface area contributed by atoms with Crippen molar-refractivity contribution in [1.29, 1.82) is 0 Å². The van der Waals surface area contributed by atoms with Crippen molar-refractivity contribution in [2.45, 2.75) is 31.4 Å². The van der Waals surface area contributed by atoms with Crippen LogP contribution < -0.4 is 11.1 Å². The second kappa shape index (κ2) is 8.07. The zero-order valence-corrected chi connectivity index (χ0v) is 14.0. The van der Waals surface area contributed by atoms with E-state index in [0.29, 0.717) is 6.42 Å². The van der Waals surface area contributed by atoms with Crippen LogP contribution in [0.3, 0.4) is 0 Å². The van der Waals surface area contributed by atoms with Gasteiger partial charge >= 0.3 is 0 Å². The number of carbonyl (C=O) groups excluding carboxylic acids is 1. The first kappa shape index (κ1) is 17.4. The van der Waals surface area contributed by atoms with Crippen molar-refractivity contribution in [3.8, 4) is 0 Å². The topological polar surface area (TPSA) is 87.8 Å². The van der Waals surface area contributed by atoms with E-state index in [0.717, 1.165) is 69.0 Å². The summed E-state index contributed by atoms with van der Waals surface area (Å²) in [6.45, 7) is 6.55. The Hall–Kier alpha value is -1.47. The van der Waals surface area contributed by atoms with E-state index < -0.39 is 17.9 Å². The molecule has 2 atom stereocenters. The van der Waals surface area contributed by atoms with Crippen molar-refractivity contribution in [3.63, 3.8) is 0 Å². The Bertz CT molecular complexity index is 573. The normalized spacial score (nSPS) is 24.0. The summed E-state index contributed by atoms with van der Waals surface area (Å²) < 4.78 is 5.35. The van der Waals surface area contributed by atoms with E-state index in [2.05, 4.69) is 16.3 Å². The van der Waals surface area contributed by atoms with Gasteiger partial charge in [-0.15, -0.1) is 0 Å². The van der Waals surface area contributed by atoms with Crippen LogP contribution in [0.2, 0.25) is 0 Å². The van der Waals surface area contributed by atoms with E-state index >= 15 is 0 Å². The molecule has 1 aliphatic carbocycles. The first-order chi connectivity index (χ1) is 11.6. The third kappa shape index (κ3) is 4.13. The summed E-state index contributed by atoms with van der Waals surface area (Å²) >= 11 is 0. The highest BCUT2D eigenvalue weighted by atomic mass is 16.5. The first-order valence-corrected chi connectivity index (χ1v) is 8.75. The zero-order chi connectivity index (χ0) is 16.9. The Morgan fingerprint density at radius 3 is 2.92 bits per heavy atom. The number of nitrogens with two attached hydrogens (primary N) is 1. The fourth-order valence-electron chi connectivity index (χ4n) is 3.61. The van der Waals surface area contributed by atoms with Crippen molar-refractivity contribution < 1.29 is 14.6 Å². The van der Waals surface area contributed by atoms with Gasteiger partial charge in [0.2, 0.25) is 5.91 Å². The second-order valence-electron chi connectivity index (χ2n) is 6.67. The molecule has 0 aromatic heterocycles. The predicted molar refractivity (Wildman–Crippen MR) is 91.7 cm³/mol. The molecular weight excluding hydrogens is 306 g/mol. The van der Waals surface area contributed by atoms with Crippen molar-refractivity contribution >= 4 is 5.91 Å². The molecule has 1 saturated heterocycles. The van der Waals surface area contributed by atoms with Crippen LogP contribution in [-0.4, -0.2) is 61.4 Å². The maximum Gasteiger partial charge on any atom is 0.227 e. The lowest BCUT2D eigenvalue weighted by Crippen LogP contribution is -2.37. The van der Waals surface area contributed by atoms with E-state index in [-0.39, 0.29) is 0 Å². The van der Waals surface area contributed by atoms with E-state index in [9.17, 15) is 9.90 Å². The van der Waals surface area contributed by atoms with Gasteiger partial charge in [-0.3, -0.25) is 9.69 Å². The molecule has 6 heteroatoms. The van der Waals surface area contributed by atoms with Gasteiger partial charge in [-0.05, 0) is 42.6 Å². The number of rotatable bonds is 7. The van der Waals surface area contributed by atoms with Crippen LogP contribution in [0, 0.1) is 0 Å². The predicted octanol–water partition coefficient (Wildman–Crippen LogP) is -0.0156. The van der Waals surface area contributed by atoms with E-state index in [4.69, 9.17) is 10.5 Å². The molecule has 0 unspecified atom stereocenters. The molecule has 24 heavy (non-hydrogen) atoms. The minimum absolute atomic E-state index is 0.447. The summed E-state index contributed by atoms with van der Waals surface area (Å²) in [5, 5.41) is 13.5. The fraction of sp³-hybridized carbons (Fsp3) is 0.611. The lowest BCUT2D eigenvalue weighted by molar-refractivity contribution is -0.121. The summed E-state index contributed by atoms with van der Waals surface area (Å²) in [6.07, 6.45) is 0.929. The smallest absolute Gasteiger partial charge is 0.227 e. The number of hydrogen-bond acceptors (Lipinski definition) is 5. The zero-order valence-electron chi connectivity index (χ0n) is 14.0. The van der Waals surface area contributed by atoms with Gasteiger partial charge in [-0.1, -0.05) is 18.2 Å². The summed E-state index contributed by atoms with van der Waals surface area (Å²) in [7, 11) is 0. The van der Waals surface area contributed by atoms with E-state index in [1.165, 1.54) is 0 Å². The number of benzene rings is 1. The number of amides is 1. The van der Waals surface area contributed by atoms with Crippen LogP contribution in [0.15, 0.2) is 18.2 Å². The van der Waals surface area contributed by atoms with Gasteiger partial charge in [0.1, 0.15) is 0 Å². The minimum Gasteiger partial charge on any atom is -0.392 e. The number of aliphatic hydroxyl groups excluding tert-OH is 1. The molecule has 1 aromatic carbocycles. The Morgan fingerprint density at radius 1 is 1.38 bits per heavy atom. The highest BCUT2D eigenvalue weighted by molar-refractivity contribution is 5.84. The van der Waals surface area contributed by atoms with E-state index in [1.807, 2.05) is 12.1 Å². The molecule has 2 aliphatic rings. The van der Waals surface area contributed by atoms with E-state index in [1.54, 1.807) is 0 Å². The largest absolute Gasteiger partial charge is 0.392 e. The molecule has 0 bridgehead atoms. The number of morpholine rings is 1. The third-order valence-corrected chi connectivity index (χ3v) is 4.93. The monoisotopic (exact) mass is 333 g/mol. The number of nitrogens with one attached hydrogen (secondary N) is 1. The number of hydrogen-bond donors (Lipinski definition) is 3. The van der Waals surface area contributed by atoms with Crippen LogP contribution in [0.1, 0.15) is 29.0 Å². The van der Waals surface area contributed by atoms with Crippen molar-refractivity contribution in [1.82, 2.24) is 10.2 Å². The van der Waals surface area contributed by atoms with Gasteiger partial charge in [0, 0.05) is 19.6 Å². The fourth-order valence-corrected chi connectivity index (χ4v) is 3.61. The molecule has 1 fully saturated rings. The molecule has 1 aromatic rings. The average molecular weight is 333 g/mol. The molecule has 4 N–H and O–H groups in total. The summed E-state index contributed by atoms with van der Waals surface area (Å²) in [4.78, 5) is 14.0. The quantitative estimate of drug-likeness (QED) is 0.611. The summed E-state index contributed by atoms with van der Waals surface area (Å²) in [6, 6.07) is 6.08. The SMILES string of the molecule is NC(=O)[C@@H]1c2cc(CNCCCN3CCOCC3)ccc2C[C@H]1O. The van der Waals surface area contributed by atoms with Gasteiger partial charge in [-0.2, -0.15) is 0 Å². The standard InChI is InChI=1S/C18H27N3O3/c19-18(23)17-15-10-13(2-3-14(15)11-16(17)22)12-20-4-1-5-21-6-8-24-9-7-21/h2-3,10,16-17,20,22H,1,4-9,11-12H2,(H2,19,23)/t16-,17-/m1/s1. The van der Waals surface area contributed by atoms with Crippen molar-refractivity contribution in [2.75, 3.05) is 39.4 Å². The third-order valence-electron chi connectivity index (χ3n) is 4.93. The molecule has 1 aliphatic heterocycles. The lowest BCUT2D eigenvalue weighted by atomic mass is 9.97. The maximum atomic E-state index is 11.6. The van der Waals surface area contributed by atoms with Crippen LogP contribution in [-0.2, 0) is 22.5 Å². The first-order valence-electron chi connectivity index (χ1n) is 8.75. The minimum atomic E-state index is -0.686. The van der Waals surface area contributed by atoms with Gasteiger partial charge in [0.05, 0.1) is 25.2 Å². The van der Waals surface area contributed by atoms with Gasteiger partial charge in [-0.25, -0.2) is 0 Å². The van der Waals surface area contributed by atoms with Crippen molar-refractivity contribution in [2.24, 2.45) is 5.73 Å². The average Bonchev–Trinajstić information content (AvgIpc) is 2.90. The Kier molecular flexibility index (Phi) is 5.84. The summed E-state index contributed by atoms with van der Waals surface area (Å²) in [5.41, 5.74) is 8.48. The van der Waals surface area contributed by atoms with Crippen molar-refractivity contribution in [3.05, 3.63) is 34.9 Å². The second-order valence-corrected chi connectivity index (χ2v) is 6.67. The maximum absolute atomic E-state index is 11.6. The molecule has 6 nitrogen and oxygen atoms in total. The molecule has 0 saturated carbocycles. The number of primary amides is 1. The number of nitrogens with zero attached hydrogens (tertiary/aromatic N) is 1. The Morgan fingerprint density at radius 2 is 2.17 bits per heavy atom. The molecule has 132 valence electrons. The summed E-state index contributed by atoms with van der Waals surface area (Å²) in [5.74, 6) is -1.02. The number of carbonyl (C=O) groups is 1.